The molecule has 98 valence electrons. The molecule has 1 aliphatic carbocycles. The maximum atomic E-state index is 9.53. The Bertz CT molecular complexity index is 619. The topological polar surface area (TPSA) is 32.3 Å². The summed E-state index contributed by atoms with van der Waals surface area (Å²) in [6.07, 6.45) is 2.12. The Balaban J connectivity index is 1.88. The summed E-state index contributed by atoms with van der Waals surface area (Å²) in [7, 11) is 0. The van der Waals surface area contributed by atoms with Crippen molar-refractivity contribution in [3.05, 3.63) is 58.7 Å². The molecule has 0 saturated heterocycles. The monoisotopic (exact) mass is 253 g/mol. The highest BCUT2D eigenvalue weighted by molar-refractivity contribution is 5.55. The molecule has 0 aromatic heterocycles. The minimum Gasteiger partial charge on any atom is -0.508 e. The van der Waals surface area contributed by atoms with E-state index < -0.39 is 0 Å². The molecule has 2 heteroatoms. The highest BCUT2D eigenvalue weighted by Crippen LogP contribution is 2.36. The SMILES string of the molecule is Cc1ccc(C)c(NC2CCc3cc(O)ccc32)c1. The van der Waals surface area contributed by atoms with Crippen LogP contribution in [0.5, 0.6) is 5.75 Å². The number of aryl methyl sites for hydroxylation is 3. The molecule has 2 nitrogen and oxygen atoms in total. The van der Waals surface area contributed by atoms with Crippen molar-refractivity contribution in [1.82, 2.24) is 0 Å². The molecule has 2 aromatic rings. The number of phenolic OH excluding ortho intramolecular Hbond substituents is 1. The van der Waals surface area contributed by atoms with Crippen molar-refractivity contribution in [3.63, 3.8) is 0 Å². The Morgan fingerprint density at radius 3 is 2.79 bits per heavy atom. The summed E-state index contributed by atoms with van der Waals surface area (Å²) in [5, 5.41) is 13.2. The van der Waals surface area contributed by atoms with Crippen LogP contribution in [0.2, 0.25) is 0 Å². The predicted molar refractivity (Wildman–Crippen MR) is 78.7 cm³/mol. The summed E-state index contributed by atoms with van der Waals surface area (Å²) in [6.45, 7) is 4.25. The van der Waals surface area contributed by atoms with Crippen molar-refractivity contribution >= 4 is 5.69 Å². The lowest BCUT2D eigenvalue weighted by molar-refractivity contribution is 0.474. The molecule has 0 bridgehead atoms. The molecule has 19 heavy (non-hydrogen) atoms. The van der Waals surface area contributed by atoms with Gasteiger partial charge in [-0.05, 0) is 67.1 Å². The fourth-order valence-corrected chi connectivity index (χ4v) is 2.83. The summed E-state index contributed by atoms with van der Waals surface area (Å²) in [6, 6.07) is 12.6. The van der Waals surface area contributed by atoms with Gasteiger partial charge in [0.05, 0.1) is 6.04 Å². The quantitative estimate of drug-likeness (QED) is 0.844. The fraction of sp³-hybridized carbons (Fsp3) is 0.294. The standard InChI is InChI=1S/C17H19NO/c1-11-3-4-12(2)17(9-11)18-16-8-5-13-10-14(19)6-7-15(13)16/h3-4,6-7,9-10,16,18-19H,5,8H2,1-2H3. The predicted octanol–water partition coefficient (Wildman–Crippen LogP) is 4.11. The van der Waals surface area contributed by atoms with E-state index in [-0.39, 0.29) is 0 Å². The summed E-state index contributed by atoms with van der Waals surface area (Å²) in [4.78, 5) is 0. The molecule has 0 radical (unpaired) electrons. The van der Waals surface area contributed by atoms with Crippen LogP contribution in [-0.2, 0) is 6.42 Å². The smallest absolute Gasteiger partial charge is 0.115 e. The van der Waals surface area contributed by atoms with Crippen LogP contribution in [0.1, 0.15) is 34.7 Å². The van der Waals surface area contributed by atoms with E-state index in [1.807, 2.05) is 12.1 Å². The molecule has 0 spiro atoms. The Hall–Kier alpha value is -1.96. The first-order chi connectivity index (χ1) is 9.13. The zero-order valence-electron chi connectivity index (χ0n) is 11.4. The molecule has 1 unspecified atom stereocenters. The third kappa shape index (κ3) is 2.30. The van der Waals surface area contributed by atoms with Crippen LogP contribution < -0.4 is 5.32 Å². The van der Waals surface area contributed by atoms with Crippen molar-refractivity contribution in [2.75, 3.05) is 5.32 Å². The largest absolute Gasteiger partial charge is 0.508 e. The van der Waals surface area contributed by atoms with E-state index >= 15 is 0 Å². The Morgan fingerprint density at radius 1 is 1.11 bits per heavy atom. The molecule has 3 rings (SSSR count). The van der Waals surface area contributed by atoms with Gasteiger partial charge in [-0.3, -0.25) is 0 Å². The number of phenols is 1. The lowest BCUT2D eigenvalue weighted by Crippen LogP contribution is -2.08. The lowest BCUT2D eigenvalue weighted by atomic mass is 10.1. The van der Waals surface area contributed by atoms with Gasteiger partial charge in [-0.2, -0.15) is 0 Å². The molecule has 0 amide bonds. The van der Waals surface area contributed by atoms with Gasteiger partial charge in [-0.15, -0.1) is 0 Å². The third-order valence-electron chi connectivity index (χ3n) is 3.93. The van der Waals surface area contributed by atoms with Crippen molar-refractivity contribution in [1.29, 1.82) is 0 Å². The van der Waals surface area contributed by atoms with Gasteiger partial charge in [0.15, 0.2) is 0 Å². The molecule has 0 aliphatic heterocycles. The van der Waals surface area contributed by atoms with Crippen molar-refractivity contribution in [2.24, 2.45) is 0 Å². The maximum absolute atomic E-state index is 9.53. The first-order valence-corrected chi connectivity index (χ1v) is 6.79. The van der Waals surface area contributed by atoms with Crippen molar-refractivity contribution in [2.45, 2.75) is 32.7 Å². The van der Waals surface area contributed by atoms with Gasteiger partial charge in [-0.25, -0.2) is 0 Å². The molecular formula is C17H19NO. The van der Waals surface area contributed by atoms with Gasteiger partial charge >= 0.3 is 0 Å². The van der Waals surface area contributed by atoms with E-state index in [0.717, 1.165) is 12.8 Å². The van der Waals surface area contributed by atoms with Crippen LogP contribution in [0.4, 0.5) is 5.69 Å². The number of benzene rings is 2. The number of anilines is 1. The van der Waals surface area contributed by atoms with Crippen LogP contribution in [0.15, 0.2) is 36.4 Å². The summed E-state index contributed by atoms with van der Waals surface area (Å²) < 4.78 is 0. The Labute approximate surface area is 114 Å². The van der Waals surface area contributed by atoms with E-state index in [1.165, 1.54) is 27.9 Å². The zero-order valence-corrected chi connectivity index (χ0v) is 11.4. The fourth-order valence-electron chi connectivity index (χ4n) is 2.83. The molecule has 0 fully saturated rings. The van der Waals surface area contributed by atoms with Gasteiger partial charge in [-0.1, -0.05) is 18.2 Å². The number of hydrogen-bond acceptors (Lipinski definition) is 2. The van der Waals surface area contributed by atoms with E-state index in [2.05, 4.69) is 37.4 Å². The molecule has 2 aromatic carbocycles. The Morgan fingerprint density at radius 2 is 1.95 bits per heavy atom. The lowest BCUT2D eigenvalue weighted by Gasteiger charge is -2.18. The number of rotatable bonds is 2. The minimum absolute atomic E-state index is 0.357. The normalized spacial score (nSPS) is 17.3. The van der Waals surface area contributed by atoms with E-state index in [4.69, 9.17) is 0 Å². The maximum Gasteiger partial charge on any atom is 0.115 e. The second-order valence-electron chi connectivity index (χ2n) is 5.44. The van der Waals surface area contributed by atoms with Crippen molar-refractivity contribution < 1.29 is 5.11 Å². The van der Waals surface area contributed by atoms with Crippen LogP contribution >= 0.6 is 0 Å². The Kier molecular flexibility index (Phi) is 2.94. The number of hydrogen-bond donors (Lipinski definition) is 2. The first kappa shape index (κ1) is 12.1. The highest BCUT2D eigenvalue weighted by atomic mass is 16.3. The van der Waals surface area contributed by atoms with Crippen LogP contribution in [-0.4, -0.2) is 5.11 Å². The molecular weight excluding hydrogens is 234 g/mol. The molecule has 0 saturated carbocycles. The van der Waals surface area contributed by atoms with E-state index in [9.17, 15) is 5.11 Å². The van der Waals surface area contributed by atoms with Crippen LogP contribution in [0.3, 0.4) is 0 Å². The van der Waals surface area contributed by atoms with Crippen LogP contribution in [0, 0.1) is 13.8 Å². The first-order valence-electron chi connectivity index (χ1n) is 6.79. The molecule has 1 aliphatic rings. The summed E-state index contributed by atoms with van der Waals surface area (Å²) in [5.74, 6) is 0.367. The average Bonchev–Trinajstić information content (AvgIpc) is 2.76. The van der Waals surface area contributed by atoms with Gasteiger partial charge < -0.3 is 10.4 Å². The van der Waals surface area contributed by atoms with E-state index in [1.54, 1.807) is 6.07 Å². The summed E-state index contributed by atoms with van der Waals surface area (Å²) in [5.41, 5.74) is 6.35. The third-order valence-corrected chi connectivity index (χ3v) is 3.93. The highest BCUT2D eigenvalue weighted by Gasteiger charge is 2.22. The van der Waals surface area contributed by atoms with Gasteiger partial charge in [0.2, 0.25) is 0 Å². The second kappa shape index (κ2) is 4.61. The van der Waals surface area contributed by atoms with Gasteiger partial charge in [0, 0.05) is 5.69 Å². The summed E-state index contributed by atoms with van der Waals surface area (Å²) >= 11 is 0. The number of aromatic hydroxyl groups is 1. The molecule has 1 atom stereocenters. The van der Waals surface area contributed by atoms with Gasteiger partial charge in [0.25, 0.3) is 0 Å². The van der Waals surface area contributed by atoms with Gasteiger partial charge in [0.1, 0.15) is 5.75 Å². The average molecular weight is 253 g/mol. The second-order valence-corrected chi connectivity index (χ2v) is 5.44. The minimum atomic E-state index is 0.357. The van der Waals surface area contributed by atoms with E-state index in [0.29, 0.717) is 11.8 Å². The molecule has 0 heterocycles. The molecule has 2 N–H and O–H groups in total. The number of fused-ring (bicyclic) bond motifs is 1. The zero-order chi connectivity index (χ0) is 13.4. The van der Waals surface area contributed by atoms with Crippen molar-refractivity contribution in [3.8, 4) is 5.75 Å². The van der Waals surface area contributed by atoms with Crippen LogP contribution in [0.25, 0.3) is 0 Å². The number of nitrogens with one attached hydrogen (secondary N) is 1.